The molecule has 88 valence electrons. The molecule has 2 heterocycles. The molecule has 16 heavy (non-hydrogen) atoms. The van der Waals surface area contributed by atoms with Gasteiger partial charge in [0, 0.05) is 11.9 Å². The van der Waals surface area contributed by atoms with Crippen molar-refractivity contribution in [1.82, 2.24) is 9.88 Å². The lowest BCUT2D eigenvalue weighted by Gasteiger charge is -2.19. The SMILES string of the molecule is CCc1nc(CN2CCC[C@@H]2C(=O)O)cs1. The van der Waals surface area contributed by atoms with Gasteiger partial charge in [0.05, 0.1) is 10.7 Å². The molecule has 0 unspecified atom stereocenters. The maximum Gasteiger partial charge on any atom is 0.320 e. The third kappa shape index (κ3) is 2.41. The number of aromatic nitrogens is 1. The van der Waals surface area contributed by atoms with Gasteiger partial charge in [-0.25, -0.2) is 4.98 Å². The van der Waals surface area contributed by atoms with Crippen LogP contribution in [-0.2, 0) is 17.8 Å². The average molecular weight is 240 g/mol. The van der Waals surface area contributed by atoms with Gasteiger partial charge < -0.3 is 5.11 Å². The van der Waals surface area contributed by atoms with E-state index in [1.165, 1.54) is 0 Å². The predicted molar refractivity (Wildman–Crippen MR) is 62.6 cm³/mol. The van der Waals surface area contributed by atoms with Gasteiger partial charge in [0.15, 0.2) is 0 Å². The Morgan fingerprint density at radius 2 is 2.56 bits per heavy atom. The number of carboxylic acids is 1. The van der Waals surface area contributed by atoms with Crippen molar-refractivity contribution in [2.24, 2.45) is 0 Å². The van der Waals surface area contributed by atoms with Gasteiger partial charge in [-0.2, -0.15) is 0 Å². The van der Waals surface area contributed by atoms with Crippen LogP contribution in [0.3, 0.4) is 0 Å². The number of aliphatic carboxylic acids is 1. The first-order chi connectivity index (χ1) is 7.70. The monoisotopic (exact) mass is 240 g/mol. The molecule has 0 amide bonds. The Kier molecular flexibility index (Phi) is 3.56. The Labute approximate surface area is 98.9 Å². The molecule has 1 N–H and O–H groups in total. The van der Waals surface area contributed by atoms with Crippen LogP contribution < -0.4 is 0 Å². The van der Waals surface area contributed by atoms with Crippen LogP contribution in [0.2, 0.25) is 0 Å². The summed E-state index contributed by atoms with van der Waals surface area (Å²) in [6.07, 6.45) is 2.69. The topological polar surface area (TPSA) is 53.4 Å². The number of hydrogen-bond acceptors (Lipinski definition) is 4. The standard InChI is InChI=1S/C11H16N2O2S/c1-2-10-12-8(7-16-10)6-13-5-3-4-9(13)11(14)15/h7,9H,2-6H2,1H3,(H,14,15)/t9-/m1/s1. The molecule has 1 aliphatic heterocycles. The highest BCUT2D eigenvalue weighted by atomic mass is 32.1. The molecule has 0 bridgehead atoms. The Bertz CT molecular complexity index is 378. The fraction of sp³-hybridized carbons (Fsp3) is 0.636. The van der Waals surface area contributed by atoms with Gasteiger partial charge in [-0.05, 0) is 25.8 Å². The highest BCUT2D eigenvalue weighted by molar-refractivity contribution is 7.09. The quantitative estimate of drug-likeness (QED) is 0.871. The lowest BCUT2D eigenvalue weighted by molar-refractivity contribution is -0.142. The van der Waals surface area contributed by atoms with Crippen LogP contribution in [0.1, 0.15) is 30.5 Å². The molecule has 4 nitrogen and oxygen atoms in total. The third-order valence-electron chi connectivity index (χ3n) is 2.92. The van der Waals surface area contributed by atoms with E-state index in [2.05, 4.69) is 11.9 Å². The molecule has 1 aromatic rings. The summed E-state index contributed by atoms with van der Waals surface area (Å²) in [5, 5.41) is 12.2. The van der Waals surface area contributed by atoms with Crippen molar-refractivity contribution in [3.8, 4) is 0 Å². The van der Waals surface area contributed by atoms with E-state index < -0.39 is 5.97 Å². The van der Waals surface area contributed by atoms with Crippen LogP contribution in [0.25, 0.3) is 0 Å². The van der Waals surface area contributed by atoms with E-state index in [0.29, 0.717) is 6.54 Å². The zero-order chi connectivity index (χ0) is 11.5. The molecule has 0 aromatic carbocycles. The lowest BCUT2D eigenvalue weighted by Crippen LogP contribution is -2.35. The zero-order valence-electron chi connectivity index (χ0n) is 9.35. The largest absolute Gasteiger partial charge is 0.480 e. The number of likely N-dealkylation sites (tertiary alicyclic amines) is 1. The molecule has 1 fully saturated rings. The molecule has 5 heteroatoms. The zero-order valence-corrected chi connectivity index (χ0v) is 10.2. The third-order valence-corrected chi connectivity index (χ3v) is 3.96. The van der Waals surface area contributed by atoms with Crippen LogP contribution in [0, 0.1) is 0 Å². The second-order valence-electron chi connectivity index (χ2n) is 4.05. The van der Waals surface area contributed by atoms with Crippen molar-refractivity contribution in [3.05, 3.63) is 16.1 Å². The van der Waals surface area contributed by atoms with Crippen LogP contribution >= 0.6 is 11.3 Å². The number of thiazole rings is 1. The molecule has 0 spiro atoms. The minimum absolute atomic E-state index is 0.313. The smallest absolute Gasteiger partial charge is 0.320 e. The Morgan fingerprint density at radius 1 is 1.75 bits per heavy atom. The first-order valence-electron chi connectivity index (χ1n) is 5.61. The fourth-order valence-electron chi connectivity index (χ4n) is 2.09. The van der Waals surface area contributed by atoms with Gasteiger partial charge in [-0.3, -0.25) is 9.69 Å². The first-order valence-corrected chi connectivity index (χ1v) is 6.48. The molecular weight excluding hydrogens is 224 g/mol. The summed E-state index contributed by atoms with van der Waals surface area (Å²) in [4.78, 5) is 17.5. The Hall–Kier alpha value is -0.940. The van der Waals surface area contributed by atoms with E-state index >= 15 is 0 Å². The number of carbonyl (C=O) groups is 1. The van der Waals surface area contributed by atoms with Gasteiger partial charge in [0.2, 0.25) is 0 Å². The minimum Gasteiger partial charge on any atom is -0.480 e. The van der Waals surface area contributed by atoms with Gasteiger partial charge in [-0.1, -0.05) is 6.92 Å². The highest BCUT2D eigenvalue weighted by Gasteiger charge is 2.30. The summed E-state index contributed by atoms with van der Waals surface area (Å²) in [5.74, 6) is -0.705. The average Bonchev–Trinajstić information content (AvgIpc) is 2.87. The van der Waals surface area contributed by atoms with E-state index in [-0.39, 0.29) is 6.04 Å². The lowest BCUT2D eigenvalue weighted by atomic mass is 10.2. The van der Waals surface area contributed by atoms with Crippen molar-refractivity contribution >= 4 is 17.3 Å². The summed E-state index contributed by atoms with van der Waals surface area (Å²) in [6.45, 7) is 3.63. The normalized spacial score (nSPS) is 21.4. The van der Waals surface area contributed by atoms with Crippen LogP contribution in [0.5, 0.6) is 0 Å². The molecule has 0 radical (unpaired) electrons. The maximum absolute atomic E-state index is 11.0. The van der Waals surface area contributed by atoms with Gasteiger partial charge >= 0.3 is 5.97 Å². The maximum atomic E-state index is 11.0. The van der Waals surface area contributed by atoms with E-state index in [0.717, 1.165) is 36.5 Å². The summed E-state index contributed by atoms with van der Waals surface area (Å²) < 4.78 is 0. The van der Waals surface area contributed by atoms with Gasteiger partial charge in [-0.15, -0.1) is 11.3 Å². The van der Waals surface area contributed by atoms with Crippen molar-refractivity contribution in [1.29, 1.82) is 0 Å². The summed E-state index contributed by atoms with van der Waals surface area (Å²) in [6, 6.07) is -0.313. The van der Waals surface area contributed by atoms with Crippen molar-refractivity contribution in [2.75, 3.05) is 6.54 Å². The Morgan fingerprint density at radius 3 is 3.19 bits per heavy atom. The number of hydrogen-bond donors (Lipinski definition) is 1. The van der Waals surface area contributed by atoms with Crippen molar-refractivity contribution in [2.45, 2.75) is 38.8 Å². The minimum atomic E-state index is -0.705. The van der Waals surface area contributed by atoms with E-state index in [1.54, 1.807) is 11.3 Å². The number of aryl methyl sites for hydroxylation is 1. The van der Waals surface area contributed by atoms with Crippen LogP contribution in [-0.4, -0.2) is 33.5 Å². The highest BCUT2D eigenvalue weighted by Crippen LogP contribution is 2.21. The van der Waals surface area contributed by atoms with Gasteiger partial charge in [0.25, 0.3) is 0 Å². The fourth-order valence-corrected chi connectivity index (χ4v) is 2.82. The van der Waals surface area contributed by atoms with Crippen molar-refractivity contribution in [3.63, 3.8) is 0 Å². The van der Waals surface area contributed by atoms with E-state index in [9.17, 15) is 4.79 Å². The second-order valence-corrected chi connectivity index (χ2v) is 5.00. The number of carboxylic acid groups (broad SMARTS) is 1. The Balaban J connectivity index is 2.00. The molecule has 2 rings (SSSR count). The van der Waals surface area contributed by atoms with E-state index in [4.69, 9.17) is 5.11 Å². The first kappa shape index (κ1) is 11.5. The molecule has 1 atom stereocenters. The summed E-state index contributed by atoms with van der Waals surface area (Å²) in [7, 11) is 0. The second kappa shape index (κ2) is 4.93. The van der Waals surface area contributed by atoms with Crippen molar-refractivity contribution < 1.29 is 9.90 Å². The molecule has 1 aliphatic rings. The summed E-state index contributed by atoms with van der Waals surface area (Å²) in [5.41, 5.74) is 1.01. The van der Waals surface area contributed by atoms with Gasteiger partial charge in [0.1, 0.15) is 6.04 Å². The molecular formula is C11H16N2O2S. The molecule has 0 saturated carbocycles. The molecule has 1 aromatic heterocycles. The van der Waals surface area contributed by atoms with Crippen LogP contribution in [0.15, 0.2) is 5.38 Å². The number of rotatable bonds is 4. The van der Waals surface area contributed by atoms with E-state index in [1.807, 2.05) is 10.3 Å². The van der Waals surface area contributed by atoms with Crippen LogP contribution in [0.4, 0.5) is 0 Å². The predicted octanol–water partition coefficient (Wildman–Crippen LogP) is 1.75. The summed E-state index contributed by atoms with van der Waals surface area (Å²) >= 11 is 1.66. The molecule has 0 aliphatic carbocycles. The number of nitrogens with zero attached hydrogens (tertiary/aromatic N) is 2. The molecule has 1 saturated heterocycles.